The maximum atomic E-state index is 11.9. The summed E-state index contributed by atoms with van der Waals surface area (Å²) < 4.78 is 4.58. The number of hydrogen-bond acceptors (Lipinski definition) is 5. The van der Waals surface area contributed by atoms with Gasteiger partial charge in [0.05, 0.1) is 7.11 Å². The number of esters is 1. The lowest BCUT2D eigenvalue weighted by atomic mass is 10.00. The van der Waals surface area contributed by atoms with Crippen LogP contribution in [0.15, 0.2) is 0 Å². The van der Waals surface area contributed by atoms with E-state index in [1.54, 1.807) is 4.90 Å². The highest BCUT2D eigenvalue weighted by atomic mass is 16.5. The minimum absolute atomic E-state index is 0.0355. The quantitative estimate of drug-likeness (QED) is 0.543. The first-order chi connectivity index (χ1) is 8.95. The Balaban J connectivity index is 2.57. The lowest BCUT2D eigenvalue weighted by Crippen LogP contribution is -2.32. The number of rotatable bonds is 4. The molecule has 6 nitrogen and oxygen atoms in total. The average Bonchev–Trinajstić information content (AvgIpc) is 2.57. The Morgan fingerprint density at radius 1 is 1.26 bits per heavy atom. The molecule has 0 aromatic heterocycles. The minimum Gasteiger partial charge on any atom is -0.468 e. The predicted molar refractivity (Wildman–Crippen MR) is 66.2 cm³/mol. The molecule has 1 rings (SSSR count). The zero-order valence-corrected chi connectivity index (χ0v) is 11.3. The van der Waals surface area contributed by atoms with Crippen LogP contribution in [-0.4, -0.2) is 48.5 Å². The van der Waals surface area contributed by atoms with E-state index >= 15 is 0 Å². The van der Waals surface area contributed by atoms with Crippen LogP contribution >= 0.6 is 0 Å². The fourth-order valence-electron chi connectivity index (χ4n) is 2.06. The Kier molecular flexibility index (Phi) is 5.66. The summed E-state index contributed by atoms with van der Waals surface area (Å²) in [6.45, 7) is 2.10. The molecule has 1 atom stereocenters. The molecule has 1 aliphatic rings. The number of carbonyl (C=O) groups excluding carboxylic acids is 4. The molecule has 1 heterocycles. The molecule has 1 amide bonds. The maximum absolute atomic E-state index is 11.9. The van der Waals surface area contributed by atoms with Crippen LogP contribution in [0.1, 0.15) is 32.6 Å². The van der Waals surface area contributed by atoms with E-state index in [1.807, 2.05) is 0 Å². The van der Waals surface area contributed by atoms with Crippen molar-refractivity contribution in [1.82, 2.24) is 4.90 Å². The largest absolute Gasteiger partial charge is 0.468 e. The van der Waals surface area contributed by atoms with Crippen molar-refractivity contribution >= 4 is 23.4 Å². The van der Waals surface area contributed by atoms with E-state index < -0.39 is 11.9 Å². The summed E-state index contributed by atoms with van der Waals surface area (Å²) in [5, 5.41) is 0. The van der Waals surface area contributed by atoms with Gasteiger partial charge < -0.3 is 14.4 Å². The van der Waals surface area contributed by atoms with Gasteiger partial charge in [0, 0.05) is 32.4 Å². The van der Waals surface area contributed by atoms with E-state index in [9.17, 15) is 19.2 Å². The molecule has 19 heavy (non-hydrogen) atoms. The fraction of sp³-hybridized carbons (Fsp3) is 0.692. The number of carbonyl (C=O) groups is 4. The Bertz CT molecular complexity index is 390. The van der Waals surface area contributed by atoms with Crippen LogP contribution < -0.4 is 0 Å². The standard InChI is InChI=1S/C13H19NO5/c1-9(15)3-4-12(17)14-7-5-10(13(18)19-2)11(16)6-8-14/h10H,3-8H2,1-2H3. The van der Waals surface area contributed by atoms with E-state index in [-0.39, 0.29) is 43.2 Å². The number of nitrogens with zero attached hydrogens (tertiary/aromatic N) is 1. The lowest BCUT2D eigenvalue weighted by Gasteiger charge is -2.19. The number of ketones is 2. The van der Waals surface area contributed by atoms with Crippen LogP contribution in [-0.2, 0) is 23.9 Å². The van der Waals surface area contributed by atoms with E-state index in [2.05, 4.69) is 4.74 Å². The van der Waals surface area contributed by atoms with Gasteiger partial charge in [-0.3, -0.25) is 14.4 Å². The van der Waals surface area contributed by atoms with Crippen LogP contribution in [0.4, 0.5) is 0 Å². The van der Waals surface area contributed by atoms with Gasteiger partial charge in [0.1, 0.15) is 17.5 Å². The van der Waals surface area contributed by atoms with E-state index in [4.69, 9.17) is 0 Å². The normalized spacial score (nSPS) is 19.8. The topological polar surface area (TPSA) is 80.8 Å². The molecule has 0 aliphatic carbocycles. The van der Waals surface area contributed by atoms with Crippen LogP contribution in [0.5, 0.6) is 0 Å². The Hall–Kier alpha value is -1.72. The van der Waals surface area contributed by atoms with Crippen molar-refractivity contribution in [2.75, 3.05) is 20.2 Å². The van der Waals surface area contributed by atoms with E-state index in [0.29, 0.717) is 13.1 Å². The molecule has 6 heteroatoms. The second-order valence-corrected chi connectivity index (χ2v) is 4.66. The highest BCUT2D eigenvalue weighted by Crippen LogP contribution is 2.16. The number of amides is 1. The number of hydrogen-bond donors (Lipinski definition) is 0. The molecule has 1 unspecified atom stereocenters. The summed E-state index contributed by atoms with van der Waals surface area (Å²) in [4.78, 5) is 47.4. The van der Waals surface area contributed by atoms with E-state index in [0.717, 1.165) is 0 Å². The van der Waals surface area contributed by atoms with Gasteiger partial charge in [0.2, 0.25) is 5.91 Å². The molecule has 0 N–H and O–H groups in total. The number of ether oxygens (including phenoxy) is 1. The van der Waals surface area contributed by atoms with Gasteiger partial charge in [-0.2, -0.15) is 0 Å². The molecule has 0 spiro atoms. The van der Waals surface area contributed by atoms with Crippen molar-refractivity contribution in [3.05, 3.63) is 0 Å². The van der Waals surface area contributed by atoms with Crippen molar-refractivity contribution in [2.24, 2.45) is 5.92 Å². The van der Waals surface area contributed by atoms with Gasteiger partial charge in [0.15, 0.2) is 0 Å². The van der Waals surface area contributed by atoms with Gasteiger partial charge in [-0.1, -0.05) is 0 Å². The summed E-state index contributed by atoms with van der Waals surface area (Å²) in [5.74, 6) is -1.67. The first-order valence-corrected chi connectivity index (χ1v) is 6.33. The van der Waals surface area contributed by atoms with Gasteiger partial charge in [-0.05, 0) is 13.3 Å². The Morgan fingerprint density at radius 2 is 1.95 bits per heavy atom. The third-order valence-corrected chi connectivity index (χ3v) is 3.23. The van der Waals surface area contributed by atoms with Gasteiger partial charge in [0.25, 0.3) is 0 Å². The van der Waals surface area contributed by atoms with Crippen LogP contribution in [0.25, 0.3) is 0 Å². The van der Waals surface area contributed by atoms with Crippen LogP contribution in [0.3, 0.4) is 0 Å². The van der Waals surface area contributed by atoms with Crippen molar-refractivity contribution in [3.8, 4) is 0 Å². The first-order valence-electron chi connectivity index (χ1n) is 6.33. The molecular weight excluding hydrogens is 250 g/mol. The Labute approximate surface area is 112 Å². The van der Waals surface area contributed by atoms with Gasteiger partial charge in [-0.15, -0.1) is 0 Å². The van der Waals surface area contributed by atoms with Crippen LogP contribution in [0.2, 0.25) is 0 Å². The maximum Gasteiger partial charge on any atom is 0.316 e. The fourth-order valence-corrected chi connectivity index (χ4v) is 2.06. The first kappa shape index (κ1) is 15.3. The van der Waals surface area contributed by atoms with Gasteiger partial charge in [-0.25, -0.2) is 0 Å². The zero-order chi connectivity index (χ0) is 14.4. The third-order valence-electron chi connectivity index (χ3n) is 3.23. The number of methoxy groups -OCH3 is 1. The lowest BCUT2D eigenvalue weighted by molar-refractivity contribution is -0.149. The number of likely N-dealkylation sites (tertiary alicyclic amines) is 1. The van der Waals surface area contributed by atoms with Crippen LogP contribution in [0, 0.1) is 5.92 Å². The monoisotopic (exact) mass is 269 g/mol. The molecule has 0 aromatic rings. The number of Topliss-reactive ketones (excluding diaryl/α,β-unsaturated/α-hetero) is 2. The zero-order valence-electron chi connectivity index (χ0n) is 11.3. The highest BCUT2D eigenvalue weighted by molar-refractivity contribution is 5.99. The van der Waals surface area contributed by atoms with Crippen molar-refractivity contribution in [3.63, 3.8) is 0 Å². The third kappa shape index (κ3) is 4.46. The highest BCUT2D eigenvalue weighted by Gasteiger charge is 2.31. The molecule has 0 radical (unpaired) electrons. The molecule has 0 bridgehead atoms. The van der Waals surface area contributed by atoms with Crippen molar-refractivity contribution in [1.29, 1.82) is 0 Å². The molecule has 0 aromatic carbocycles. The Morgan fingerprint density at radius 3 is 2.53 bits per heavy atom. The van der Waals surface area contributed by atoms with E-state index in [1.165, 1.54) is 14.0 Å². The second-order valence-electron chi connectivity index (χ2n) is 4.66. The van der Waals surface area contributed by atoms with Gasteiger partial charge >= 0.3 is 5.97 Å². The summed E-state index contributed by atoms with van der Waals surface area (Å²) in [6.07, 6.45) is 0.818. The molecule has 1 aliphatic heterocycles. The molecule has 0 saturated carbocycles. The van der Waals surface area contributed by atoms with Crippen molar-refractivity contribution < 1.29 is 23.9 Å². The molecule has 106 valence electrons. The minimum atomic E-state index is -0.768. The summed E-state index contributed by atoms with van der Waals surface area (Å²) in [6, 6.07) is 0. The average molecular weight is 269 g/mol. The van der Waals surface area contributed by atoms with Crippen molar-refractivity contribution in [2.45, 2.75) is 32.6 Å². The summed E-state index contributed by atoms with van der Waals surface area (Å²) in [5.41, 5.74) is 0. The molecule has 1 fully saturated rings. The SMILES string of the molecule is COC(=O)C1CCN(C(=O)CCC(C)=O)CCC1=O. The molecule has 1 saturated heterocycles. The smallest absolute Gasteiger partial charge is 0.316 e. The predicted octanol–water partition coefficient (Wildman–Crippen LogP) is 0.336. The summed E-state index contributed by atoms with van der Waals surface area (Å²) in [7, 11) is 1.25. The summed E-state index contributed by atoms with van der Waals surface area (Å²) >= 11 is 0. The second kappa shape index (κ2) is 7.01. The molecular formula is C13H19NO5.